The zero-order valence-electron chi connectivity index (χ0n) is 14.6. The van der Waals surface area contributed by atoms with Gasteiger partial charge >= 0.3 is 0 Å². The van der Waals surface area contributed by atoms with Gasteiger partial charge in [-0.3, -0.25) is 4.79 Å². The summed E-state index contributed by atoms with van der Waals surface area (Å²) in [4.78, 5) is 14.8. The highest BCUT2D eigenvalue weighted by atomic mass is 32.2. The fraction of sp³-hybridized carbons (Fsp3) is 0.389. The highest BCUT2D eigenvalue weighted by Gasteiger charge is 2.33. The van der Waals surface area contributed by atoms with Gasteiger partial charge < -0.3 is 10.2 Å². The van der Waals surface area contributed by atoms with E-state index in [1.54, 1.807) is 40.8 Å². The molecule has 0 aliphatic carbocycles. The number of benzene rings is 1. The molecule has 0 unspecified atom stereocenters. The van der Waals surface area contributed by atoms with Crippen molar-refractivity contribution in [2.24, 2.45) is 0 Å². The maximum absolute atomic E-state index is 13.0. The van der Waals surface area contributed by atoms with Crippen molar-refractivity contribution in [3.63, 3.8) is 0 Å². The summed E-state index contributed by atoms with van der Waals surface area (Å²) < 4.78 is 27.6. The van der Waals surface area contributed by atoms with Crippen LogP contribution in [0.15, 0.2) is 40.6 Å². The monoisotopic (exact) mass is 392 g/mol. The van der Waals surface area contributed by atoms with E-state index in [-0.39, 0.29) is 16.7 Å². The first-order valence-electron chi connectivity index (χ1n) is 8.76. The highest BCUT2D eigenvalue weighted by Crippen LogP contribution is 2.34. The third kappa shape index (κ3) is 3.18. The van der Waals surface area contributed by atoms with Crippen LogP contribution < -0.4 is 10.2 Å². The number of carbonyl (C=O) groups is 1. The van der Waals surface area contributed by atoms with Gasteiger partial charge in [0.05, 0.1) is 41.9 Å². The summed E-state index contributed by atoms with van der Waals surface area (Å²) >= 11 is 1.75. The lowest BCUT2D eigenvalue weighted by Gasteiger charge is -2.31. The number of fused-ring (bicyclic) bond motifs is 1. The first-order chi connectivity index (χ1) is 12.4. The quantitative estimate of drug-likeness (QED) is 0.812. The van der Waals surface area contributed by atoms with Crippen LogP contribution in [0.1, 0.15) is 23.3 Å². The van der Waals surface area contributed by atoms with Gasteiger partial charge in [-0.15, -0.1) is 11.3 Å². The SMILES string of the molecule is C[C@H]1C(=O)Nc2ccc(S(=O)(=O)N3CC[NH+](Cc4cccs4)CC3)cc21. The topological polar surface area (TPSA) is 70.9 Å². The van der Waals surface area contributed by atoms with Gasteiger partial charge in [-0.1, -0.05) is 6.07 Å². The molecule has 26 heavy (non-hydrogen) atoms. The average molecular weight is 393 g/mol. The summed E-state index contributed by atoms with van der Waals surface area (Å²) in [5.74, 6) is -0.396. The minimum absolute atomic E-state index is 0.0830. The van der Waals surface area contributed by atoms with Crippen LogP contribution in [0.4, 0.5) is 5.69 Å². The number of hydrogen-bond acceptors (Lipinski definition) is 4. The second kappa shape index (κ2) is 6.77. The zero-order valence-corrected chi connectivity index (χ0v) is 16.2. The van der Waals surface area contributed by atoms with Gasteiger partial charge in [-0.2, -0.15) is 4.31 Å². The molecule has 8 heteroatoms. The summed E-state index contributed by atoms with van der Waals surface area (Å²) in [5, 5.41) is 4.86. The molecule has 0 radical (unpaired) electrons. The number of piperazine rings is 1. The first-order valence-corrected chi connectivity index (χ1v) is 11.1. The largest absolute Gasteiger partial charge is 0.328 e. The number of quaternary nitrogens is 1. The van der Waals surface area contributed by atoms with Crippen LogP contribution in [0.25, 0.3) is 0 Å². The molecule has 0 spiro atoms. The van der Waals surface area contributed by atoms with Gasteiger partial charge in [0, 0.05) is 5.69 Å². The van der Waals surface area contributed by atoms with Crippen LogP contribution >= 0.6 is 11.3 Å². The minimum Gasteiger partial charge on any atom is -0.328 e. The molecule has 4 rings (SSSR count). The lowest BCUT2D eigenvalue weighted by atomic mass is 10.0. The van der Waals surface area contributed by atoms with E-state index in [4.69, 9.17) is 0 Å². The van der Waals surface area contributed by atoms with Gasteiger partial charge in [-0.25, -0.2) is 8.42 Å². The fourth-order valence-corrected chi connectivity index (χ4v) is 5.84. The molecule has 1 aromatic heterocycles. The van der Waals surface area contributed by atoms with Crippen molar-refractivity contribution < 1.29 is 18.1 Å². The molecule has 2 aliphatic heterocycles. The normalized spacial score (nSPS) is 21.6. The summed E-state index contributed by atoms with van der Waals surface area (Å²) in [6, 6.07) is 9.12. The molecule has 1 atom stereocenters. The molecule has 138 valence electrons. The van der Waals surface area contributed by atoms with Crippen molar-refractivity contribution >= 4 is 33.0 Å². The Morgan fingerprint density at radius 1 is 1.27 bits per heavy atom. The number of nitrogens with zero attached hydrogens (tertiary/aromatic N) is 1. The van der Waals surface area contributed by atoms with E-state index in [2.05, 4.69) is 22.8 Å². The number of rotatable bonds is 4. The predicted octanol–water partition coefficient (Wildman–Crippen LogP) is 0.893. The van der Waals surface area contributed by atoms with Gasteiger partial charge in [0.25, 0.3) is 0 Å². The Kier molecular flexibility index (Phi) is 4.60. The van der Waals surface area contributed by atoms with Crippen LogP contribution in [-0.4, -0.2) is 44.8 Å². The van der Waals surface area contributed by atoms with Crippen LogP contribution in [-0.2, 0) is 21.4 Å². The van der Waals surface area contributed by atoms with E-state index in [9.17, 15) is 13.2 Å². The van der Waals surface area contributed by atoms with Gasteiger partial charge in [-0.05, 0) is 42.1 Å². The van der Waals surface area contributed by atoms with E-state index in [1.807, 2.05) is 0 Å². The Hall–Kier alpha value is -1.74. The number of hydrogen-bond donors (Lipinski definition) is 2. The number of anilines is 1. The summed E-state index contributed by atoms with van der Waals surface area (Å²) in [7, 11) is -3.53. The van der Waals surface area contributed by atoms with Crippen LogP contribution in [0, 0.1) is 0 Å². The maximum Gasteiger partial charge on any atom is 0.243 e. The molecule has 2 aromatic rings. The molecule has 6 nitrogen and oxygen atoms in total. The van der Waals surface area contributed by atoms with Gasteiger partial charge in [0.1, 0.15) is 6.54 Å². The lowest BCUT2D eigenvalue weighted by Crippen LogP contribution is -3.13. The average Bonchev–Trinajstić information content (AvgIpc) is 3.24. The molecular formula is C18H22N3O3S2+. The Morgan fingerprint density at radius 2 is 2.04 bits per heavy atom. The highest BCUT2D eigenvalue weighted by molar-refractivity contribution is 7.89. The summed E-state index contributed by atoms with van der Waals surface area (Å²) in [6.07, 6.45) is 0. The Morgan fingerprint density at radius 3 is 2.73 bits per heavy atom. The molecule has 2 aliphatic rings. The lowest BCUT2D eigenvalue weighted by molar-refractivity contribution is -0.917. The van der Waals surface area contributed by atoms with E-state index in [0.717, 1.165) is 25.2 Å². The van der Waals surface area contributed by atoms with Crippen LogP contribution in [0.3, 0.4) is 0 Å². The minimum atomic E-state index is -3.53. The van der Waals surface area contributed by atoms with Crippen molar-refractivity contribution in [2.75, 3.05) is 31.5 Å². The molecule has 0 saturated carbocycles. The number of thiophene rings is 1. The molecule has 3 heterocycles. The third-order valence-electron chi connectivity index (χ3n) is 5.21. The molecule has 1 saturated heterocycles. The van der Waals surface area contributed by atoms with E-state index in [0.29, 0.717) is 18.8 Å². The van der Waals surface area contributed by atoms with E-state index in [1.165, 1.54) is 9.78 Å². The van der Waals surface area contributed by atoms with Crippen molar-refractivity contribution in [2.45, 2.75) is 24.3 Å². The zero-order chi connectivity index (χ0) is 18.3. The predicted molar refractivity (Wildman–Crippen MR) is 101 cm³/mol. The van der Waals surface area contributed by atoms with Crippen LogP contribution in [0.5, 0.6) is 0 Å². The van der Waals surface area contributed by atoms with Gasteiger partial charge in [0.15, 0.2) is 0 Å². The molecule has 1 amide bonds. The Balaban J connectivity index is 1.47. The van der Waals surface area contributed by atoms with Crippen molar-refractivity contribution in [1.29, 1.82) is 0 Å². The molecule has 1 aromatic carbocycles. The fourth-order valence-electron chi connectivity index (χ4n) is 3.58. The van der Waals surface area contributed by atoms with E-state index < -0.39 is 10.0 Å². The molecule has 0 bridgehead atoms. The number of carbonyl (C=O) groups excluding carboxylic acids is 1. The van der Waals surface area contributed by atoms with Gasteiger partial charge in [0.2, 0.25) is 15.9 Å². The molecule has 2 N–H and O–H groups in total. The van der Waals surface area contributed by atoms with Crippen molar-refractivity contribution in [3.8, 4) is 0 Å². The number of nitrogens with one attached hydrogen (secondary N) is 2. The molecular weight excluding hydrogens is 370 g/mol. The second-order valence-electron chi connectivity index (χ2n) is 6.87. The number of sulfonamides is 1. The Labute approximate surface area is 157 Å². The third-order valence-corrected chi connectivity index (χ3v) is 7.98. The summed E-state index contributed by atoms with van der Waals surface area (Å²) in [5.41, 5.74) is 1.48. The Bertz CT molecular complexity index is 917. The first kappa shape index (κ1) is 17.7. The summed E-state index contributed by atoms with van der Waals surface area (Å²) in [6.45, 7) is 5.40. The smallest absolute Gasteiger partial charge is 0.243 e. The van der Waals surface area contributed by atoms with E-state index >= 15 is 0 Å². The standard InChI is InChI=1S/C18H21N3O3S2/c1-13-16-11-15(4-5-17(16)19-18(13)22)26(23,24)21-8-6-20(7-9-21)12-14-3-2-10-25-14/h2-5,10-11,13H,6-9,12H2,1H3,(H,19,22)/p+1/t13-/m1/s1. The van der Waals surface area contributed by atoms with Crippen molar-refractivity contribution in [3.05, 3.63) is 46.2 Å². The second-order valence-corrected chi connectivity index (χ2v) is 9.84. The molecule has 1 fully saturated rings. The van der Waals surface area contributed by atoms with Crippen molar-refractivity contribution in [1.82, 2.24) is 4.31 Å². The maximum atomic E-state index is 13.0. The number of amides is 1. The van der Waals surface area contributed by atoms with Crippen LogP contribution in [0.2, 0.25) is 0 Å².